The van der Waals surface area contributed by atoms with Gasteiger partial charge in [0, 0.05) is 24.2 Å². The van der Waals surface area contributed by atoms with Gasteiger partial charge >= 0.3 is 0 Å². The summed E-state index contributed by atoms with van der Waals surface area (Å²) < 4.78 is 26.1. The van der Waals surface area contributed by atoms with Crippen molar-refractivity contribution >= 4 is 32.5 Å². The Morgan fingerprint density at radius 3 is 2.42 bits per heavy atom. The number of hydrogen-bond acceptors (Lipinski definition) is 6. The van der Waals surface area contributed by atoms with Crippen LogP contribution >= 0.6 is 0 Å². The third-order valence-corrected chi connectivity index (χ3v) is 6.91. The SMILES string of the molecule is Cc1nn(C)c(Nc2ncc3cc(S(=O)(=O)C(C)(C)C)ccc3n2)c1C. The standard InChI is InChI=1S/C18H23N5O2S/c1-11-12(2)22-23(6)16(11)21-17-19-10-13-9-14(7-8-15(13)20-17)26(24,25)18(3,4)5/h7-10H,1-6H3,(H,19,20,21). The summed E-state index contributed by atoms with van der Waals surface area (Å²) in [6, 6.07) is 4.93. The monoisotopic (exact) mass is 373 g/mol. The molecule has 8 heteroatoms. The van der Waals surface area contributed by atoms with Crippen LogP contribution in [0.25, 0.3) is 10.9 Å². The second-order valence-corrected chi connectivity index (χ2v) is 10.0. The third-order valence-electron chi connectivity index (χ3n) is 4.42. The summed E-state index contributed by atoms with van der Waals surface area (Å²) in [5, 5.41) is 8.22. The summed E-state index contributed by atoms with van der Waals surface area (Å²) in [6.07, 6.45) is 1.63. The molecule has 2 aromatic heterocycles. The molecule has 3 rings (SSSR count). The van der Waals surface area contributed by atoms with E-state index in [4.69, 9.17) is 0 Å². The van der Waals surface area contributed by atoms with E-state index in [9.17, 15) is 8.42 Å². The predicted octanol–water partition coefficient (Wildman–Crippen LogP) is 3.30. The van der Waals surface area contributed by atoms with Crippen LogP contribution in [0.2, 0.25) is 0 Å². The Bertz CT molecular complexity index is 1090. The van der Waals surface area contributed by atoms with Crippen molar-refractivity contribution in [2.24, 2.45) is 7.05 Å². The van der Waals surface area contributed by atoms with Crippen molar-refractivity contribution in [3.8, 4) is 0 Å². The average Bonchev–Trinajstić information content (AvgIpc) is 2.79. The van der Waals surface area contributed by atoms with Crippen LogP contribution < -0.4 is 5.32 Å². The van der Waals surface area contributed by atoms with Crippen molar-refractivity contribution in [1.29, 1.82) is 0 Å². The van der Waals surface area contributed by atoms with Crippen LogP contribution in [0.4, 0.5) is 11.8 Å². The molecule has 2 heterocycles. The maximum Gasteiger partial charge on any atom is 0.228 e. The fourth-order valence-corrected chi connectivity index (χ4v) is 3.87. The van der Waals surface area contributed by atoms with Gasteiger partial charge in [-0.3, -0.25) is 4.68 Å². The molecule has 0 unspecified atom stereocenters. The van der Waals surface area contributed by atoms with Gasteiger partial charge in [-0.25, -0.2) is 18.4 Å². The van der Waals surface area contributed by atoms with E-state index in [0.717, 1.165) is 17.1 Å². The van der Waals surface area contributed by atoms with E-state index < -0.39 is 14.6 Å². The predicted molar refractivity (Wildman–Crippen MR) is 102 cm³/mol. The molecule has 26 heavy (non-hydrogen) atoms. The van der Waals surface area contributed by atoms with Crippen molar-refractivity contribution in [3.63, 3.8) is 0 Å². The highest BCUT2D eigenvalue weighted by Gasteiger charge is 2.30. The van der Waals surface area contributed by atoms with Crippen molar-refractivity contribution in [2.75, 3.05) is 5.32 Å². The maximum atomic E-state index is 12.6. The van der Waals surface area contributed by atoms with Crippen molar-refractivity contribution in [3.05, 3.63) is 35.7 Å². The fraction of sp³-hybridized carbons (Fsp3) is 0.389. The lowest BCUT2D eigenvalue weighted by molar-refractivity contribution is 0.560. The summed E-state index contributed by atoms with van der Waals surface area (Å²) in [6.45, 7) is 8.99. The van der Waals surface area contributed by atoms with E-state index >= 15 is 0 Å². The number of nitrogens with zero attached hydrogens (tertiary/aromatic N) is 4. The minimum atomic E-state index is -3.42. The highest BCUT2D eigenvalue weighted by atomic mass is 32.2. The normalized spacial score (nSPS) is 12.5. The molecule has 0 saturated heterocycles. The summed E-state index contributed by atoms with van der Waals surface area (Å²) in [5.41, 5.74) is 2.64. The van der Waals surface area contributed by atoms with Gasteiger partial charge in [-0.2, -0.15) is 5.10 Å². The number of anilines is 2. The van der Waals surface area contributed by atoms with Gasteiger partial charge in [0.25, 0.3) is 0 Å². The molecule has 0 radical (unpaired) electrons. The van der Waals surface area contributed by atoms with Crippen molar-refractivity contribution < 1.29 is 8.42 Å². The topological polar surface area (TPSA) is 89.8 Å². The van der Waals surface area contributed by atoms with E-state index in [0.29, 0.717) is 16.9 Å². The zero-order valence-electron chi connectivity index (χ0n) is 15.8. The number of rotatable bonds is 3. The Kier molecular flexibility index (Phi) is 4.26. The molecule has 0 saturated carbocycles. The lowest BCUT2D eigenvalue weighted by Crippen LogP contribution is -2.27. The first-order chi connectivity index (χ1) is 12.0. The summed E-state index contributed by atoms with van der Waals surface area (Å²) in [4.78, 5) is 9.09. The lowest BCUT2D eigenvalue weighted by atomic mass is 10.2. The van der Waals surface area contributed by atoms with Crippen LogP contribution in [-0.2, 0) is 16.9 Å². The Labute approximate surface area is 153 Å². The molecule has 0 aliphatic heterocycles. The van der Waals surface area contributed by atoms with E-state index in [1.165, 1.54) is 0 Å². The molecule has 0 aliphatic carbocycles. The van der Waals surface area contributed by atoms with E-state index in [2.05, 4.69) is 20.4 Å². The highest BCUT2D eigenvalue weighted by Crippen LogP contribution is 2.27. The van der Waals surface area contributed by atoms with Crippen LogP contribution in [-0.4, -0.2) is 32.9 Å². The first kappa shape index (κ1) is 18.3. The Hall–Kier alpha value is -2.48. The number of nitrogens with one attached hydrogen (secondary N) is 1. The molecule has 0 bridgehead atoms. The van der Waals surface area contributed by atoms with E-state index in [-0.39, 0.29) is 4.90 Å². The second-order valence-electron chi connectivity index (χ2n) is 7.34. The largest absolute Gasteiger partial charge is 0.309 e. The number of aryl methyl sites for hydroxylation is 2. The molecule has 0 aliphatic rings. The van der Waals surface area contributed by atoms with Gasteiger partial charge in [-0.05, 0) is 52.8 Å². The molecule has 3 aromatic rings. The molecule has 0 atom stereocenters. The van der Waals surface area contributed by atoms with Gasteiger partial charge in [0.1, 0.15) is 5.82 Å². The van der Waals surface area contributed by atoms with Crippen LogP contribution in [0.1, 0.15) is 32.0 Å². The summed E-state index contributed by atoms with van der Waals surface area (Å²) in [7, 11) is -1.56. The molecular formula is C18H23N5O2S. The van der Waals surface area contributed by atoms with Gasteiger partial charge in [0.05, 0.1) is 20.9 Å². The molecule has 0 amide bonds. The number of aromatic nitrogens is 4. The van der Waals surface area contributed by atoms with Gasteiger partial charge in [0.15, 0.2) is 9.84 Å². The maximum absolute atomic E-state index is 12.6. The van der Waals surface area contributed by atoms with Gasteiger partial charge in [-0.1, -0.05) is 0 Å². The Balaban J connectivity index is 2.00. The average molecular weight is 373 g/mol. The molecule has 7 nitrogen and oxygen atoms in total. The third kappa shape index (κ3) is 3.05. The number of fused-ring (bicyclic) bond motifs is 1. The minimum absolute atomic E-state index is 0.278. The summed E-state index contributed by atoms with van der Waals surface area (Å²) >= 11 is 0. The van der Waals surface area contributed by atoms with Crippen LogP contribution in [0, 0.1) is 13.8 Å². The first-order valence-electron chi connectivity index (χ1n) is 8.29. The molecule has 138 valence electrons. The molecular weight excluding hydrogens is 350 g/mol. The van der Waals surface area contributed by atoms with Crippen LogP contribution in [0.5, 0.6) is 0 Å². The van der Waals surface area contributed by atoms with Gasteiger partial charge < -0.3 is 5.32 Å². The Morgan fingerprint density at radius 2 is 1.85 bits per heavy atom. The number of sulfone groups is 1. The zero-order chi connectivity index (χ0) is 19.3. The molecule has 1 N–H and O–H groups in total. The van der Waals surface area contributed by atoms with Crippen molar-refractivity contribution in [2.45, 2.75) is 44.3 Å². The number of hydrogen-bond donors (Lipinski definition) is 1. The number of benzene rings is 1. The van der Waals surface area contributed by atoms with Crippen LogP contribution in [0.15, 0.2) is 29.3 Å². The minimum Gasteiger partial charge on any atom is -0.309 e. The fourth-order valence-electron chi connectivity index (χ4n) is 2.64. The van der Waals surface area contributed by atoms with E-state index in [1.807, 2.05) is 20.9 Å². The second kappa shape index (κ2) is 6.05. The smallest absolute Gasteiger partial charge is 0.228 e. The molecule has 1 aromatic carbocycles. The zero-order valence-corrected chi connectivity index (χ0v) is 16.6. The quantitative estimate of drug-likeness (QED) is 0.758. The molecule has 0 fully saturated rings. The first-order valence-corrected chi connectivity index (χ1v) is 9.77. The molecule has 0 spiro atoms. The lowest BCUT2D eigenvalue weighted by Gasteiger charge is -2.19. The van der Waals surface area contributed by atoms with E-state index in [1.54, 1.807) is 49.8 Å². The Morgan fingerprint density at radius 1 is 1.15 bits per heavy atom. The van der Waals surface area contributed by atoms with Gasteiger partial charge in [0.2, 0.25) is 5.95 Å². The van der Waals surface area contributed by atoms with Gasteiger partial charge in [-0.15, -0.1) is 0 Å². The summed E-state index contributed by atoms with van der Waals surface area (Å²) in [5.74, 6) is 1.27. The highest BCUT2D eigenvalue weighted by molar-refractivity contribution is 7.92. The van der Waals surface area contributed by atoms with Crippen molar-refractivity contribution in [1.82, 2.24) is 19.7 Å². The van der Waals surface area contributed by atoms with Crippen LogP contribution in [0.3, 0.4) is 0 Å².